The van der Waals surface area contributed by atoms with Crippen LogP contribution >= 0.6 is 12.4 Å². The van der Waals surface area contributed by atoms with Crippen LogP contribution in [0.2, 0.25) is 0 Å². The Morgan fingerprint density at radius 1 is 1.22 bits per heavy atom. The molecule has 2 aromatic rings. The first kappa shape index (κ1) is 21.4. The van der Waals surface area contributed by atoms with Gasteiger partial charge < -0.3 is 10.6 Å². The highest BCUT2D eigenvalue weighted by Crippen LogP contribution is 2.29. The van der Waals surface area contributed by atoms with Crippen molar-refractivity contribution in [1.29, 1.82) is 0 Å². The smallest absolute Gasteiger partial charge is 0.240 e. The predicted molar refractivity (Wildman–Crippen MR) is 109 cm³/mol. The molecule has 1 heterocycles. The molecule has 1 atom stereocenters. The molecular weight excluding hydrogens is 386 g/mol. The van der Waals surface area contributed by atoms with Crippen LogP contribution in [0.25, 0.3) is 0 Å². The number of fused-ring (bicyclic) bond motifs is 1. The second-order valence-corrected chi connectivity index (χ2v) is 8.20. The third kappa shape index (κ3) is 4.87. The van der Waals surface area contributed by atoms with Crippen LogP contribution in [-0.2, 0) is 21.2 Å². The Morgan fingerprint density at radius 3 is 2.59 bits per heavy atom. The number of aryl methyl sites for hydroxylation is 1. The van der Waals surface area contributed by atoms with Gasteiger partial charge in [-0.3, -0.25) is 4.79 Å². The lowest BCUT2D eigenvalue weighted by molar-refractivity contribution is -0.116. The van der Waals surface area contributed by atoms with Gasteiger partial charge in [-0.2, -0.15) is 0 Å². The van der Waals surface area contributed by atoms with E-state index in [0.29, 0.717) is 12.2 Å². The van der Waals surface area contributed by atoms with Crippen LogP contribution in [0.5, 0.6) is 0 Å². The van der Waals surface area contributed by atoms with E-state index in [9.17, 15) is 13.2 Å². The lowest BCUT2D eigenvalue weighted by Crippen LogP contribution is -2.34. The van der Waals surface area contributed by atoms with E-state index < -0.39 is 16.1 Å². The zero-order chi connectivity index (χ0) is 18.7. The minimum atomic E-state index is -3.71. The number of benzene rings is 2. The van der Waals surface area contributed by atoms with Crippen LogP contribution in [0.15, 0.2) is 53.4 Å². The van der Waals surface area contributed by atoms with Crippen molar-refractivity contribution in [3.63, 3.8) is 0 Å². The molecule has 146 valence electrons. The van der Waals surface area contributed by atoms with Crippen molar-refractivity contribution in [3.8, 4) is 0 Å². The first-order valence-corrected chi connectivity index (χ1v) is 10.1. The largest absolute Gasteiger partial charge is 0.323 e. The van der Waals surface area contributed by atoms with Gasteiger partial charge >= 0.3 is 0 Å². The summed E-state index contributed by atoms with van der Waals surface area (Å²) in [6.45, 7) is 2.20. The Hall–Kier alpha value is -1.93. The van der Waals surface area contributed by atoms with Crippen molar-refractivity contribution in [1.82, 2.24) is 4.72 Å². The number of hydrogen-bond acceptors (Lipinski definition) is 4. The summed E-state index contributed by atoms with van der Waals surface area (Å²) in [5, 5.41) is 0. The fourth-order valence-electron chi connectivity index (χ4n) is 3.15. The monoisotopic (exact) mass is 409 g/mol. The van der Waals surface area contributed by atoms with Gasteiger partial charge in [-0.05, 0) is 36.1 Å². The Bertz CT molecular complexity index is 904. The molecule has 2 aromatic carbocycles. The first-order chi connectivity index (χ1) is 12.4. The maximum Gasteiger partial charge on any atom is 0.240 e. The lowest BCUT2D eigenvalue weighted by Gasteiger charge is -2.29. The van der Waals surface area contributed by atoms with Crippen molar-refractivity contribution in [3.05, 3.63) is 59.7 Å². The second-order valence-electron chi connectivity index (χ2n) is 6.43. The Morgan fingerprint density at radius 2 is 1.93 bits per heavy atom. The summed E-state index contributed by atoms with van der Waals surface area (Å²) < 4.78 is 27.9. The quantitative estimate of drug-likeness (QED) is 0.792. The molecule has 1 amide bonds. The van der Waals surface area contributed by atoms with E-state index in [1.807, 2.05) is 30.3 Å². The van der Waals surface area contributed by atoms with Crippen molar-refractivity contribution >= 4 is 34.0 Å². The topological polar surface area (TPSA) is 92.5 Å². The van der Waals surface area contributed by atoms with E-state index in [-0.39, 0.29) is 29.8 Å². The molecule has 0 aromatic heterocycles. The van der Waals surface area contributed by atoms with Crippen LogP contribution in [0.4, 0.5) is 5.69 Å². The van der Waals surface area contributed by atoms with Gasteiger partial charge in [0.25, 0.3) is 0 Å². The van der Waals surface area contributed by atoms with E-state index in [4.69, 9.17) is 5.73 Å². The summed E-state index contributed by atoms with van der Waals surface area (Å²) in [6.07, 6.45) is 1.72. The molecule has 0 spiro atoms. The molecule has 0 aliphatic carbocycles. The molecule has 1 aliphatic heterocycles. The first-order valence-electron chi connectivity index (χ1n) is 8.60. The minimum Gasteiger partial charge on any atom is -0.323 e. The number of halogens is 1. The number of nitrogens with two attached hydrogens (primary N) is 1. The van der Waals surface area contributed by atoms with E-state index in [2.05, 4.69) is 4.72 Å². The molecular formula is C19H24ClN3O3S. The Balaban J connectivity index is 0.00000261. The molecule has 0 radical (unpaired) electrons. The highest BCUT2D eigenvalue weighted by Gasteiger charge is 2.23. The number of anilines is 1. The Labute approximate surface area is 166 Å². The number of hydrogen-bond donors (Lipinski definition) is 2. The van der Waals surface area contributed by atoms with Gasteiger partial charge in [-0.15, -0.1) is 12.4 Å². The van der Waals surface area contributed by atoms with Gasteiger partial charge in [0.15, 0.2) is 0 Å². The van der Waals surface area contributed by atoms with Gasteiger partial charge in [0.05, 0.1) is 4.90 Å². The second kappa shape index (κ2) is 8.84. The van der Waals surface area contributed by atoms with Crippen molar-refractivity contribution in [2.75, 3.05) is 18.0 Å². The third-order valence-electron chi connectivity index (χ3n) is 4.59. The lowest BCUT2D eigenvalue weighted by atomic mass is 10.0. The summed E-state index contributed by atoms with van der Waals surface area (Å²) in [5.41, 5.74) is 8.61. The van der Waals surface area contributed by atoms with Gasteiger partial charge in [-0.1, -0.05) is 36.4 Å². The summed E-state index contributed by atoms with van der Waals surface area (Å²) in [7, 11) is -3.71. The number of sulfonamides is 1. The summed E-state index contributed by atoms with van der Waals surface area (Å²) >= 11 is 0. The molecule has 0 saturated carbocycles. The summed E-state index contributed by atoms with van der Waals surface area (Å²) in [5.74, 6) is -0.0837. The van der Waals surface area contributed by atoms with E-state index in [0.717, 1.165) is 24.0 Å². The molecule has 6 nitrogen and oxygen atoms in total. The fraction of sp³-hybridized carbons (Fsp3) is 0.316. The van der Waals surface area contributed by atoms with Crippen LogP contribution in [-0.4, -0.2) is 27.4 Å². The van der Waals surface area contributed by atoms with Crippen LogP contribution < -0.4 is 15.4 Å². The predicted octanol–water partition coefficient (Wildman–Crippen LogP) is 2.39. The average Bonchev–Trinajstić information content (AvgIpc) is 2.65. The maximum absolute atomic E-state index is 12.7. The van der Waals surface area contributed by atoms with Crippen LogP contribution in [0, 0.1) is 0 Å². The van der Waals surface area contributed by atoms with Crippen LogP contribution in [0.3, 0.4) is 0 Å². The Kier molecular flexibility index (Phi) is 7.00. The SMILES string of the molecule is CC(=O)N1CCCc2ccc(S(=O)(=O)NCC(N)c3ccccc3)cc21.Cl. The maximum atomic E-state index is 12.7. The van der Waals surface area contributed by atoms with E-state index >= 15 is 0 Å². The average molecular weight is 410 g/mol. The molecule has 0 saturated heterocycles. The molecule has 3 rings (SSSR count). The molecule has 1 unspecified atom stereocenters. The molecule has 0 fully saturated rings. The van der Waals surface area contributed by atoms with Crippen molar-refractivity contribution < 1.29 is 13.2 Å². The number of nitrogens with zero attached hydrogens (tertiary/aromatic N) is 1. The summed E-state index contributed by atoms with van der Waals surface area (Å²) in [6, 6.07) is 13.9. The highest BCUT2D eigenvalue weighted by atomic mass is 35.5. The molecule has 27 heavy (non-hydrogen) atoms. The zero-order valence-electron chi connectivity index (χ0n) is 15.1. The number of carbonyl (C=O) groups excluding carboxylic acids is 1. The standard InChI is InChI=1S/C19H23N3O3S.ClH/c1-14(23)22-11-5-8-16-9-10-17(12-19(16)22)26(24,25)21-13-18(20)15-6-3-2-4-7-15;/h2-4,6-7,9-10,12,18,21H,5,8,11,13,20H2,1H3;1H. The van der Waals surface area contributed by atoms with Gasteiger partial charge in [-0.25, -0.2) is 13.1 Å². The highest BCUT2D eigenvalue weighted by molar-refractivity contribution is 7.89. The number of carbonyl (C=O) groups is 1. The normalized spacial score (nSPS) is 14.8. The van der Waals surface area contributed by atoms with Gasteiger partial charge in [0, 0.05) is 31.7 Å². The third-order valence-corrected chi connectivity index (χ3v) is 6.01. The van der Waals surface area contributed by atoms with Crippen LogP contribution in [0.1, 0.15) is 30.5 Å². The molecule has 8 heteroatoms. The molecule has 0 bridgehead atoms. The van der Waals surface area contributed by atoms with Gasteiger partial charge in [0.1, 0.15) is 0 Å². The van der Waals surface area contributed by atoms with Gasteiger partial charge in [0.2, 0.25) is 15.9 Å². The fourth-order valence-corrected chi connectivity index (χ4v) is 4.23. The molecule has 1 aliphatic rings. The van der Waals surface area contributed by atoms with Crippen molar-refractivity contribution in [2.45, 2.75) is 30.7 Å². The number of nitrogens with one attached hydrogen (secondary N) is 1. The van der Waals surface area contributed by atoms with E-state index in [1.54, 1.807) is 23.1 Å². The molecule has 3 N–H and O–H groups in total. The van der Waals surface area contributed by atoms with E-state index in [1.165, 1.54) is 6.92 Å². The number of rotatable bonds is 5. The zero-order valence-corrected chi connectivity index (χ0v) is 16.7. The number of amides is 1. The summed E-state index contributed by atoms with van der Waals surface area (Å²) in [4.78, 5) is 13.6. The van der Waals surface area contributed by atoms with Crippen molar-refractivity contribution in [2.24, 2.45) is 5.73 Å². The minimum absolute atomic E-state index is 0.